The van der Waals surface area contributed by atoms with E-state index >= 15 is 0 Å². The Hall–Kier alpha value is -1.53. The number of carbonyl (C=O) groups is 1. The van der Waals surface area contributed by atoms with Gasteiger partial charge < -0.3 is 19.5 Å². The number of ether oxygens (including phenoxy) is 3. The standard InChI is InChI=1S/C12H12BrNO4/c1-16-8-5-3-7(4-6-8)14-10-9(13)11(15)18-12(10)17-2/h3-6,12,14H,1-2H3/t12-/m1/s1. The van der Waals surface area contributed by atoms with Crippen LogP contribution in [-0.4, -0.2) is 26.5 Å². The number of rotatable bonds is 4. The quantitative estimate of drug-likeness (QED) is 0.864. The summed E-state index contributed by atoms with van der Waals surface area (Å²) in [5.74, 6) is 0.313. The average Bonchev–Trinajstić information content (AvgIpc) is 2.67. The molecule has 0 unspecified atom stereocenters. The first-order chi connectivity index (χ1) is 8.65. The van der Waals surface area contributed by atoms with Crippen molar-refractivity contribution in [2.75, 3.05) is 19.5 Å². The van der Waals surface area contributed by atoms with Crippen LogP contribution in [0.2, 0.25) is 0 Å². The van der Waals surface area contributed by atoms with Crippen molar-refractivity contribution >= 4 is 27.6 Å². The number of cyclic esters (lactones) is 1. The smallest absolute Gasteiger partial charge is 0.349 e. The first kappa shape index (κ1) is 12.9. The summed E-state index contributed by atoms with van der Waals surface area (Å²) in [6.45, 7) is 0. The SMILES string of the molecule is COc1ccc(NC2=C(Br)C(=O)O[C@H]2OC)cc1. The number of hydrogen-bond acceptors (Lipinski definition) is 5. The number of halogens is 1. The molecular formula is C12H12BrNO4. The van der Waals surface area contributed by atoms with E-state index < -0.39 is 12.3 Å². The van der Waals surface area contributed by atoms with Gasteiger partial charge in [-0.25, -0.2) is 4.79 Å². The Balaban J connectivity index is 2.19. The second-order valence-electron chi connectivity index (χ2n) is 3.55. The molecule has 18 heavy (non-hydrogen) atoms. The van der Waals surface area contributed by atoms with Crippen LogP contribution in [0.15, 0.2) is 34.4 Å². The van der Waals surface area contributed by atoms with Gasteiger partial charge in [0.1, 0.15) is 15.9 Å². The summed E-state index contributed by atoms with van der Waals surface area (Å²) in [7, 11) is 3.07. The van der Waals surface area contributed by atoms with E-state index in [2.05, 4.69) is 21.2 Å². The summed E-state index contributed by atoms with van der Waals surface area (Å²) in [5, 5.41) is 3.08. The summed E-state index contributed by atoms with van der Waals surface area (Å²) in [5.41, 5.74) is 1.36. The normalized spacial score (nSPS) is 18.8. The van der Waals surface area contributed by atoms with Crippen LogP contribution in [-0.2, 0) is 14.3 Å². The Morgan fingerprint density at radius 2 is 1.94 bits per heavy atom. The molecule has 0 aliphatic carbocycles. The van der Waals surface area contributed by atoms with Crippen LogP contribution in [0.5, 0.6) is 5.75 Å². The van der Waals surface area contributed by atoms with Crippen LogP contribution < -0.4 is 10.1 Å². The molecule has 0 spiro atoms. The fourth-order valence-corrected chi connectivity index (χ4v) is 1.91. The highest BCUT2D eigenvalue weighted by Crippen LogP contribution is 2.29. The Labute approximate surface area is 113 Å². The minimum Gasteiger partial charge on any atom is -0.497 e. The molecule has 0 saturated heterocycles. The number of carbonyl (C=O) groups excluding carboxylic acids is 1. The van der Waals surface area contributed by atoms with Crippen LogP contribution in [0.4, 0.5) is 5.69 Å². The molecule has 1 atom stereocenters. The van der Waals surface area contributed by atoms with E-state index in [1.165, 1.54) is 7.11 Å². The van der Waals surface area contributed by atoms with Gasteiger partial charge in [-0.05, 0) is 40.2 Å². The maximum Gasteiger partial charge on any atom is 0.349 e. The van der Waals surface area contributed by atoms with E-state index in [-0.39, 0.29) is 0 Å². The number of esters is 1. The third kappa shape index (κ3) is 2.49. The van der Waals surface area contributed by atoms with E-state index in [1.54, 1.807) is 7.11 Å². The molecular weight excluding hydrogens is 302 g/mol. The lowest BCUT2D eigenvalue weighted by atomic mass is 10.3. The Kier molecular flexibility index (Phi) is 3.88. The minimum absolute atomic E-state index is 0.338. The fraction of sp³-hybridized carbons (Fsp3) is 0.250. The molecule has 0 radical (unpaired) electrons. The molecule has 1 aromatic rings. The van der Waals surface area contributed by atoms with Crippen molar-refractivity contribution in [2.45, 2.75) is 6.29 Å². The van der Waals surface area contributed by atoms with E-state index in [9.17, 15) is 4.79 Å². The number of anilines is 1. The van der Waals surface area contributed by atoms with Crippen molar-refractivity contribution in [1.82, 2.24) is 0 Å². The van der Waals surface area contributed by atoms with Crippen molar-refractivity contribution in [3.63, 3.8) is 0 Å². The minimum atomic E-state index is -0.714. The molecule has 2 rings (SSSR count). The summed E-state index contributed by atoms with van der Waals surface area (Å²) in [6, 6.07) is 7.30. The van der Waals surface area contributed by atoms with Gasteiger partial charge in [-0.15, -0.1) is 0 Å². The van der Waals surface area contributed by atoms with Gasteiger partial charge in [0.05, 0.1) is 7.11 Å². The van der Waals surface area contributed by atoms with Gasteiger partial charge in [0.25, 0.3) is 0 Å². The molecule has 0 bridgehead atoms. The van der Waals surface area contributed by atoms with Gasteiger partial charge in [-0.1, -0.05) is 0 Å². The molecule has 0 fully saturated rings. The number of hydrogen-bond donors (Lipinski definition) is 1. The lowest BCUT2D eigenvalue weighted by molar-refractivity contribution is -0.155. The molecule has 6 heteroatoms. The van der Waals surface area contributed by atoms with Crippen molar-refractivity contribution < 1.29 is 19.0 Å². The highest BCUT2D eigenvalue weighted by Gasteiger charge is 2.33. The lowest BCUT2D eigenvalue weighted by Crippen LogP contribution is -2.18. The van der Waals surface area contributed by atoms with Crippen LogP contribution in [0.3, 0.4) is 0 Å². The Bertz CT molecular complexity index is 483. The van der Waals surface area contributed by atoms with Gasteiger partial charge >= 0.3 is 5.97 Å². The fourth-order valence-electron chi connectivity index (χ4n) is 1.53. The monoisotopic (exact) mass is 313 g/mol. The zero-order chi connectivity index (χ0) is 13.1. The van der Waals surface area contributed by atoms with Gasteiger partial charge in [0.15, 0.2) is 0 Å². The Morgan fingerprint density at radius 3 is 2.50 bits per heavy atom. The van der Waals surface area contributed by atoms with E-state index in [0.717, 1.165) is 11.4 Å². The van der Waals surface area contributed by atoms with Gasteiger partial charge in [0, 0.05) is 12.8 Å². The predicted octanol–water partition coefficient (Wildman–Crippen LogP) is 2.24. The van der Waals surface area contributed by atoms with E-state index in [0.29, 0.717) is 10.2 Å². The zero-order valence-electron chi connectivity index (χ0n) is 9.90. The number of benzene rings is 1. The molecule has 0 amide bonds. The van der Waals surface area contributed by atoms with Gasteiger partial charge in [0.2, 0.25) is 6.29 Å². The predicted molar refractivity (Wildman–Crippen MR) is 69.5 cm³/mol. The highest BCUT2D eigenvalue weighted by molar-refractivity contribution is 9.12. The first-order valence-electron chi connectivity index (χ1n) is 5.20. The molecule has 96 valence electrons. The van der Waals surface area contributed by atoms with Crippen molar-refractivity contribution in [1.29, 1.82) is 0 Å². The maximum atomic E-state index is 11.4. The third-order valence-electron chi connectivity index (χ3n) is 2.45. The van der Waals surface area contributed by atoms with Gasteiger partial charge in [-0.3, -0.25) is 0 Å². The van der Waals surface area contributed by atoms with Crippen LogP contribution >= 0.6 is 15.9 Å². The average molecular weight is 314 g/mol. The summed E-state index contributed by atoms with van der Waals surface area (Å²) >= 11 is 3.17. The number of nitrogens with one attached hydrogen (secondary N) is 1. The van der Waals surface area contributed by atoms with Crippen LogP contribution in [0.25, 0.3) is 0 Å². The van der Waals surface area contributed by atoms with E-state index in [4.69, 9.17) is 14.2 Å². The van der Waals surface area contributed by atoms with E-state index in [1.807, 2.05) is 24.3 Å². The van der Waals surface area contributed by atoms with Crippen LogP contribution in [0.1, 0.15) is 0 Å². The highest BCUT2D eigenvalue weighted by atomic mass is 79.9. The zero-order valence-corrected chi connectivity index (χ0v) is 11.5. The lowest BCUT2D eigenvalue weighted by Gasteiger charge is -2.14. The van der Waals surface area contributed by atoms with Crippen LogP contribution in [0, 0.1) is 0 Å². The number of methoxy groups -OCH3 is 2. The molecule has 1 N–H and O–H groups in total. The van der Waals surface area contributed by atoms with Crippen molar-refractivity contribution in [2.24, 2.45) is 0 Å². The molecule has 0 aromatic heterocycles. The largest absolute Gasteiger partial charge is 0.497 e. The molecule has 1 heterocycles. The second kappa shape index (κ2) is 5.41. The summed E-state index contributed by atoms with van der Waals surface area (Å²) < 4.78 is 15.5. The third-order valence-corrected chi connectivity index (χ3v) is 3.20. The summed E-state index contributed by atoms with van der Waals surface area (Å²) in [6.07, 6.45) is -0.714. The maximum absolute atomic E-state index is 11.4. The molecule has 0 saturated carbocycles. The molecule has 1 aliphatic rings. The van der Waals surface area contributed by atoms with Crippen molar-refractivity contribution in [3.05, 3.63) is 34.4 Å². The molecule has 5 nitrogen and oxygen atoms in total. The topological polar surface area (TPSA) is 56.8 Å². The summed E-state index contributed by atoms with van der Waals surface area (Å²) in [4.78, 5) is 11.4. The second-order valence-corrected chi connectivity index (χ2v) is 4.35. The Morgan fingerprint density at radius 1 is 1.28 bits per heavy atom. The van der Waals surface area contributed by atoms with Crippen molar-refractivity contribution in [3.8, 4) is 5.75 Å². The first-order valence-corrected chi connectivity index (χ1v) is 5.99. The molecule has 1 aromatic carbocycles. The van der Waals surface area contributed by atoms with Gasteiger partial charge in [-0.2, -0.15) is 0 Å². The molecule has 1 aliphatic heterocycles.